The van der Waals surface area contributed by atoms with E-state index in [0.29, 0.717) is 25.2 Å². The molecule has 39 heavy (non-hydrogen) atoms. The lowest BCUT2D eigenvalue weighted by molar-refractivity contribution is -0.165. The number of nitrogens with zero attached hydrogens (tertiary/aromatic N) is 1. The Morgan fingerprint density at radius 3 is 2.46 bits per heavy atom. The smallest absolute Gasteiger partial charge is 0.312 e. The highest BCUT2D eigenvalue weighted by Gasteiger charge is 2.47. The van der Waals surface area contributed by atoms with Crippen LogP contribution in [0.4, 0.5) is 0 Å². The molecule has 0 spiro atoms. The topological polar surface area (TPSA) is 81.8 Å². The number of unbranched alkanes of at least 4 members (excludes halogenated alkanes) is 1. The van der Waals surface area contributed by atoms with Gasteiger partial charge in [0.25, 0.3) is 0 Å². The summed E-state index contributed by atoms with van der Waals surface area (Å²) < 4.78 is 17.7. The first-order valence-corrected chi connectivity index (χ1v) is 14.2. The van der Waals surface area contributed by atoms with E-state index >= 15 is 0 Å². The molecule has 6 nitrogen and oxygen atoms in total. The van der Waals surface area contributed by atoms with Gasteiger partial charge in [-0.15, -0.1) is 0 Å². The Kier molecular flexibility index (Phi) is 9.87. The predicted molar refractivity (Wildman–Crippen MR) is 157 cm³/mol. The maximum Gasteiger partial charge on any atom is 0.312 e. The van der Waals surface area contributed by atoms with Crippen LogP contribution in [-0.2, 0) is 16.0 Å². The van der Waals surface area contributed by atoms with Crippen LogP contribution >= 0.6 is 0 Å². The largest absolute Gasteiger partial charge is 0.491 e. The summed E-state index contributed by atoms with van der Waals surface area (Å²) in [6, 6.07) is 9.74. The van der Waals surface area contributed by atoms with Crippen molar-refractivity contribution in [1.29, 1.82) is 0 Å². The van der Waals surface area contributed by atoms with Crippen molar-refractivity contribution in [3.05, 3.63) is 48.3 Å². The summed E-state index contributed by atoms with van der Waals surface area (Å²) in [6.07, 6.45) is 6.70. The molecule has 0 saturated heterocycles. The average molecular weight is 538 g/mol. The highest BCUT2D eigenvalue weighted by atomic mass is 16.5. The molecular formula is C33H47NO5. The molecule has 3 rings (SSSR count). The summed E-state index contributed by atoms with van der Waals surface area (Å²) in [5, 5.41) is 11.4. The first kappa shape index (κ1) is 30.7. The zero-order valence-electron chi connectivity index (χ0n) is 25.1. The summed E-state index contributed by atoms with van der Waals surface area (Å²) in [6.45, 7) is 17.4. The van der Waals surface area contributed by atoms with Crippen LogP contribution in [-0.4, -0.2) is 35.4 Å². The van der Waals surface area contributed by atoms with Crippen LogP contribution in [0.5, 0.6) is 5.75 Å². The molecule has 0 bridgehead atoms. The van der Waals surface area contributed by atoms with Gasteiger partial charge in [0.15, 0.2) is 0 Å². The summed E-state index contributed by atoms with van der Waals surface area (Å²) in [5.41, 5.74) is 2.17. The Labute approximate surface area is 234 Å². The van der Waals surface area contributed by atoms with Crippen LogP contribution in [0.25, 0.3) is 22.3 Å². The number of carbonyl (C=O) groups excluding carboxylic acids is 1. The molecule has 1 N–H and O–H groups in total. The van der Waals surface area contributed by atoms with Crippen molar-refractivity contribution in [2.24, 2.45) is 16.2 Å². The molecule has 2 aromatic heterocycles. The lowest BCUT2D eigenvalue weighted by Gasteiger charge is -2.43. The zero-order valence-corrected chi connectivity index (χ0v) is 25.1. The molecule has 3 aromatic rings. The summed E-state index contributed by atoms with van der Waals surface area (Å²) >= 11 is 0. The van der Waals surface area contributed by atoms with Gasteiger partial charge in [-0.1, -0.05) is 48.5 Å². The number of furan rings is 1. The van der Waals surface area contributed by atoms with Crippen molar-refractivity contribution in [2.45, 2.75) is 93.6 Å². The zero-order chi connectivity index (χ0) is 28.8. The molecule has 2 heterocycles. The van der Waals surface area contributed by atoms with E-state index in [1.807, 2.05) is 43.5 Å². The monoisotopic (exact) mass is 537 g/mol. The fourth-order valence-electron chi connectivity index (χ4n) is 4.97. The van der Waals surface area contributed by atoms with Crippen molar-refractivity contribution >= 4 is 16.9 Å². The number of aryl methyl sites for hydroxylation is 1. The number of aliphatic hydroxyl groups is 1. The van der Waals surface area contributed by atoms with E-state index in [4.69, 9.17) is 13.9 Å². The number of rotatable bonds is 12. The van der Waals surface area contributed by atoms with E-state index in [-0.39, 0.29) is 23.4 Å². The Hall–Kier alpha value is -2.86. The number of esters is 1. The van der Waals surface area contributed by atoms with Crippen LogP contribution in [0, 0.1) is 16.2 Å². The lowest BCUT2D eigenvalue weighted by atomic mass is 9.61. The van der Waals surface area contributed by atoms with Crippen molar-refractivity contribution in [1.82, 2.24) is 4.98 Å². The molecular weight excluding hydrogens is 490 g/mol. The third-order valence-electron chi connectivity index (χ3n) is 7.65. The van der Waals surface area contributed by atoms with Crippen molar-refractivity contribution in [3.63, 3.8) is 0 Å². The molecule has 6 heteroatoms. The molecule has 2 unspecified atom stereocenters. The van der Waals surface area contributed by atoms with E-state index in [0.717, 1.165) is 41.6 Å². The number of pyridine rings is 1. The van der Waals surface area contributed by atoms with Crippen LogP contribution in [0.1, 0.15) is 86.6 Å². The SMILES string of the molecule is CCc1ccncc1-c1cc2ccc(OCC(O)CCCCOC(=O)C(C)(CC(C)(C)C)C(C)(C)C)cc2o1. The van der Waals surface area contributed by atoms with E-state index in [1.54, 1.807) is 6.20 Å². The van der Waals surface area contributed by atoms with Crippen molar-refractivity contribution in [3.8, 4) is 17.1 Å². The number of aliphatic hydroxyl groups excluding tert-OH is 1. The molecule has 1 aromatic carbocycles. The first-order valence-electron chi connectivity index (χ1n) is 14.2. The molecule has 2 atom stereocenters. The molecule has 0 aliphatic heterocycles. The molecule has 0 amide bonds. The number of hydrogen-bond acceptors (Lipinski definition) is 6. The highest BCUT2D eigenvalue weighted by Crippen LogP contribution is 2.47. The molecule has 0 radical (unpaired) electrons. The van der Waals surface area contributed by atoms with Crippen molar-refractivity contribution < 1.29 is 23.8 Å². The van der Waals surface area contributed by atoms with Gasteiger partial charge in [0.1, 0.15) is 23.7 Å². The molecule has 0 saturated carbocycles. The van der Waals surface area contributed by atoms with Gasteiger partial charge in [-0.05, 0) is 79.7 Å². The number of benzene rings is 1. The second kappa shape index (κ2) is 12.5. The Balaban J connectivity index is 1.46. The van der Waals surface area contributed by atoms with Crippen LogP contribution in [0.15, 0.2) is 47.1 Å². The average Bonchev–Trinajstić information content (AvgIpc) is 3.28. The Morgan fingerprint density at radius 1 is 1.05 bits per heavy atom. The third kappa shape index (κ3) is 8.07. The summed E-state index contributed by atoms with van der Waals surface area (Å²) in [5.74, 6) is 1.30. The summed E-state index contributed by atoms with van der Waals surface area (Å²) in [7, 11) is 0. The van der Waals surface area contributed by atoms with Gasteiger partial charge in [0.05, 0.1) is 18.1 Å². The number of carbonyl (C=O) groups is 1. The van der Waals surface area contributed by atoms with Gasteiger partial charge >= 0.3 is 5.97 Å². The molecule has 0 aliphatic rings. The normalized spacial score (nSPS) is 14.7. The third-order valence-corrected chi connectivity index (χ3v) is 7.65. The standard InChI is InChI=1S/C33H47NO5/c1-9-23-15-16-34-20-27(23)29-18-24-13-14-26(19-28(24)39-29)38-21-25(35)12-10-11-17-37-30(36)33(8,32(5,6)7)22-31(2,3)4/h13-16,18-20,25,35H,9-12,17,21-22H2,1-8H3. The second-order valence-electron chi connectivity index (χ2n) is 13.1. The second-order valence-corrected chi connectivity index (χ2v) is 13.1. The number of hydrogen-bond donors (Lipinski definition) is 1. The molecule has 0 fully saturated rings. The maximum atomic E-state index is 13.1. The van der Waals surface area contributed by atoms with Gasteiger partial charge < -0.3 is 19.0 Å². The lowest BCUT2D eigenvalue weighted by Crippen LogP contribution is -2.44. The van der Waals surface area contributed by atoms with Crippen LogP contribution in [0.2, 0.25) is 0 Å². The fourth-order valence-corrected chi connectivity index (χ4v) is 4.97. The maximum absolute atomic E-state index is 13.1. The van der Waals surface area contributed by atoms with Gasteiger partial charge in [-0.2, -0.15) is 0 Å². The van der Waals surface area contributed by atoms with Gasteiger partial charge in [0.2, 0.25) is 0 Å². The quantitative estimate of drug-likeness (QED) is 0.186. The predicted octanol–water partition coefficient (Wildman–Crippen LogP) is 8.00. The van der Waals surface area contributed by atoms with Crippen LogP contribution < -0.4 is 4.74 Å². The van der Waals surface area contributed by atoms with Gasteiger partial charge in [0, 0.05) is 29.4 Å². The minimum atomic E-state index is -0.605. The number of fused-ring (bicyclic) bond motifs is 1. The van der Waals surface area contributed by atoms with Gasteiger partial charge in [-0.25, -0.2) is 0 Å². The van der Waals surface area contributed by atoms with Gasteiger partial charge in [-0.3, -0.25) is 9.78 Å². The highest BCUT2D eigenvalue weighted by molar-refractivity contribution is 5.84. The van der Waals surface area contributed by atoms with Crippen LogP contribution in [0.3, 0.4) is 0 Å². The minimum absolute atomic E-state index is 0.0207. The van der Waals surface area contributed by atoms with E-state index in [9.17, 15) is 9.90 Å². The fraction of sp³-hybridized carbons (Fsp3) is 0.576. The number of ether oxygens (including phenoxy) is 2. The minimum Gasteiger partial charge on any atom is -0.491 e. The number of aromatic nitrogens is 1. The first-order chi connectivity index (χ1) is 18.2. The molecule has 214 valence electrons. The Morgan fingerprint density at radius 2 is 1.79 bits per heavy atom. The van der Waals surface area contributed by atoms with E-state index in [2.05, 4.69) is 53.5 Å². The van der Waals surface area contributed by atoms with E-state index < -0.39 is 11.5 Å². The van der Waals surface area contributed by atoms with E-state index in [1.165, 1.54) is 5.56 Å². The summed E-state index contributed by atoms with van der Waals surface area (Å²) in [4.78, 5) is 17.3. The Bertz CT molecular complexity index is 1230. The molecule has 0 aliphatic carbocycles. The van der Waals surface area contributed by atoms with Crippen molar-refractivity contribution in [2.75, 3.05) is 13.2 Å².